The van der Waals surface area contributed by atoms with Crippen LogP contribution in [0.4, 0.5) is 11.4 Å². The van der Waals surface area contributed by atoms with E-state index in [2.05, 4.69) is 5.32 Å². The normalized spacial score (nSPS) is 10.0. The Morgan fingerprint density at radius 2 is 1.73 bits per heavy atom. The Hall–Kier alpha value is -3.35. The number of hydrogen-bond donors (Lipinski definition) is 4. The van der Waals surface area contributed by atoms with Gasteiger partial charge in [0.2, 0.25) is 5.91 Å². The molecular formula is C15H13N3O4. The van der Waals surface area contributed by atoms with Crippen LogP contribution in [0.25, 0.3) is 0 Å². The van der Waals surface area contributed by atoms with E-state index in [1.54, 1.807) is 12.1 Å². The summed E-state index contributed by atoms with van der Waals surface area (Å²) < 4.78 is 0. The van der Waals surface area contributed by atoms with Gasteiger partial charge in [0.25, 0.3) is 5.91 Å². The van der Waals surface area contributed by atoms with Crippen molar-refractivity contribution >= 4 is 29.2 Å². The van der Waals surface area contributed by atoms with Crippen molar-refractivity contribution in [2.24, 2.45) is 5.73 Å². The van der Waals surface area contributed by atoms with Crippen LogP contribution < -0.4 is 16.8 Å². The second kappa shape index (κ2) is 5.96. The molecule has 0 aromatic heterocycles. The highest BCUT2D eigenvalue weighted by molar-refractivity contribution is 6.06. The third kappa shape index (κ3) is 3.21. The van der Waals surface area contributed by atoms with Crippen molar-refractivity contribution in [1.29, 1.82) is 0 Å². The lowest BCUT2D eigenvalue weighted by atomic mass is 10.1. The first-order valence-corrected chi connectivity index (χ1v) is 6.22. The molecule has 112 valence electrons. The molecule has 2 aromatic carbocycles. The van der Waals surface area contributed by atoms with Gasteiger partial charge in [0.05, 0.1) is 5.56 Å². The average Bonchev–Trinajstić information content (AvgIpc) is 2.46. The summed E-state index contributed by atoms with van der Waals surface area (Å²) in [6.45, 7) is 0. The van der Waals surface area contributed by atoms with Gasteiger partial charge in [-0.05, 0) is 36.4 Å². The zero-order valence-corrected chi connectivity index (χ0v) is 11.4. The monoisotopic (exact) mass is 299 g/mol. The van der Waals surface area contributed by atoms with E-state index in [0.29, 0.717) is 5.69 Å². The Labute approximate surface area is 125 Å². The van der Waals surface area contributed by atoms with Gasteiger partial charge in [-0.1, -0.05) is 6.07 Å². The second-order valence-electron chi connectivity index (χ2n) is 4.51. The van der Waals surface area contributed by atoms with Gasteiger partial charge in [0, 0.05) is 22.5 Å². The fourth-order valence-electron chi connectivity index (χ4n) is 1.85. The van der Waals surface area contributed by atoms with Crippen molar-refractivity contribution in [1.82, 2.24) is 0 Å². The molecule has 0 aliphatic carbocycles. The number of primary amides is 1. The molecule has 0 unspecified atom stereocenters. The standard InChI is InChI=1S/C15H13N3O4/c16-12-7-9(4-5-11(12)15(21)22)14(20)18-10-3-1-2-8(6-10)13(17)19/h1-7H,16H2,(H2,17,19)(H,18,20)(H,21,22). The van der Waals surface area contributed by atoms with Gasteiger partial charge in [0.1, 0.15) is 0 Å². The van der Waals surface area contributed by atoms with Crippen LogP contribution in [0.3, 0.4) is 0 Å². The molecular weight excluding hydrogens is 286 g/mol. The maximum absolute atomic E-state index is 12.1. The van der Waals surface area contributed by atoms with Crippen molar-refractivity contribution < 1.29 is 19.5 Å². The van der Waals surface area contributed by atoms with Crippen LogP contribution in [0, 0.1) is 0 Å². The van der Waals surface area contributed by atoms with Gasteiger partial charge in [-0.15, -0.1) is 0 Å². The van der Waals surface area contributed by atoms with Crippen LogP contribution in [0.15, 0.2) is 42.5 Å². The highest BCUT2D eigenvalue weighted by atomic mass is 16.4. The summed E-state index contributed by atoms with van der Waals surface area (Å²) in [7, 11) is 0. The van der Waals surface area contributed by atoms with E-state index >= 15 is 0 Å². The number of carbonyl (C=O) groups excluding carboxylic acids is 2. The van der Waals surface area contributed by atoms with Gasteiger partial charge >= 0.3 is 5.97 Å². The van der Waals surface area contributed by atoms with Crippen LogP contribution in [-0.4, -0.2) is 22.9 Å². The van der Waals surface area contributed by atoms with Crippen molar-refractivity contribution in [2.75, 3.05) is 11.1 Å². The Bertz CT molecular complexity index is 771. The smallest absolute Gasteiger partial charge is 0.337 e. The minimum Gasteiger partial charge on any atom is -0.478 e. The largest absolute Gasteiger partial charge is 0.478 e. The van der Waals surface area contributed by atoms with Crippen molar-refractivity contribution in [3.05, 3.63) is 59.2 Å². The van der Waals surface area contributed by atoms with Gasteiger partial charge in [-0.25, -0.2) is 4.79 Å². The number of carbonyl (C=O) groups is 3. The van der Waals surface area contributed by atoms with Crippen LogP contribution >= 0.6 is 0 Å². The molecule has 0 aliphatic rings. The summed E-state index contributed by atoms with van der Waals surface area (Å²) in [4.78, 5) is 34.1. The quantitative estimate of drug-likeness (QED) is 0.631. The van der Waals surface area contributed by atoms with Gasteiger partial charge < -0.3 is 21.9 Å². The predicted molar refractivity (Wildman–Crippen MR) is 80.7 cm³/mol. The maximum Gasteiger partial charge on any atom is 0.337 e. The second-order valence-corrected chi connectivity index (χ2v) is 4.51. The topological polar surface area (TPSA) is 136 Å². The van der Waals surface area contributed by atoms with Crippen molar-refractivity contribution in [3.63, 3.8) is 0 Å². The summed E-state index contributed by atoms with van der Waals surface area (Å²) >= 11 is 0. The summed E-state index contributed by atoms with van der Waals surface area (Å²) in [6, 6.07) is 10.0. The van der Waals surface area contributed by atoms with E-state index in [-0.39, 0.29) is 22.4 Å². The first kappa shape index (κ1) is 15.0. The van der Waals surface area contributed by atoms with Crippen LogP contribution in [-0.2, 0) is 0 Å². The molecule has 22 heavy (non-hydrogen) atoms. The third-order valence-corrected chi connectivity index (χ3v) is 2.95. The van der Waals surface area contributed by atoms with E-state index in [4.69, 9.17) is 16.6 Å². The molecule has 0 saturated heterocycles. The van der Waals surface area contributed by atoms with E-state index < -0.39 is 17.8 Å². The number of carboxylic acid groups (broad SMARTS) is 1. The summed E-state index contributed by atoms with van der Waals surface area (Å²) in [5.74, 6) is -2.25. The van der Waals surface area contributed by atoms with E-state index in [9.17, 15) is 14.4 Å². The highest BCUT2D eigenvalue weighted by Gasteiger charge is 2.12. The number of rotatable bonds is 4. The lowest BCUT2D eigenvalue weighted by Gasteiger charge is -2.08. The Kier molecular flexibility index (Phi) is 4.08. The summed E-state index contributed by atoms with van der Waals surface area (Å²) in [5, 5.41) is 11.5. The zero-order chi connectivity index (χ0) is 16.3. The molecule has 0 spiro atoms. The number of nitrogens with one attached hydrogen (secondary N) is 1. The molecule has 0 heterocycles. The zero-order valence-electron chi connectivity index (χ0n) is 11.4. The Balaban J connectivity index is 2.22. The maximum atomic E-state index is 12.1. The Morgan fingerprint density at radius 3 is 2.32 bits per heavy atom. The lowest BCUT2D eigenvalue weighted by molar-refractivity contribution is 0.0697. The number of carboxylic acids is 1. The molecule has 0 fully saturated rings. The molecule has 2 rings (SSSR count). The number of aromatic carboxylic acids is 1. The van der Waals surface area contributed by atoms with Gasteiger partial charge in [-0.2, -0.15) is 0 Å². The fourth-order valence-corrected chi connectivity index (χ4v) is 1.85. The van der Waals surface area contributed by atoms with Crippen LogP contribution in [0.1, 0.15) is 31.1 Å². The van der Waals surface area contributed by atoms with E-state index in [0.717, 1.165) is 0 Å². The fraction of sp³-hybridized carbons (Fsp3) is 0. The highest BCUT2D eigenvalue weighted by Crippen LogP contribution is 2.17. The predicted octanol–water partition coefficient (Wildman–Crippen LogP) is 1.32. The summed E-state index contributed by atoms with van der Waals surface area (Å²) in [6.07, 6.45) is 0. The minimum atomic E-state index is -1.17. The van der Waals surface area contributed by atoms with Gasteiger partial charge in [0.15, 0.2) is 0 Å². The number of nitrogen functional groups attached to an aromatic ring is 1. The molecule has 7 heteroatoms. The van der Waals surface area contributed by atoms with E-state index in [1.165, 1.54) is 30.3 Å². The molecule has 0 bridgehead atoms. The SMILES string of the molecule is NC(=O)c1cccc(NC(=O)c2ccc(C(=O)O)c(N)c2)c1. The Morgan fingerprint density at radius 1 is 1.00 bits per heavy atom. The lowest BCUT2D eigenvalue weighted by Crippen LogP contribution is -2.15. The van der Waals surface area contributed by atoms with Crippen molar-refractivity contribution in [3.8, 4) is 0 Å². The van der Waals surface area contributed by atoms with E-state index in [1.807, 2.05) is 0 Å². The molecule has 0 saturated carbocycles. The molecule has 6 N–H and O–H groups in total. The molecule has 7 nitrogen and oxygen atoms in total. The van der Waals surface area contributed by atoms with Crippen molar-refractivity contribution in [2.45, 2.75) is 0 Å². The molecule has 0 atom stereocenters. The molecule has 0 radical (unpaired) electrons. The van der Waals surface area contributed by atoms with Crippen LogP contribution in [0.5, 0.6) is 0 Å². The first-order valence-electron chi connectivity index (χ1n) is 6.22. The number of hydrogen-bond acceptors (Lipinski definition) is 4. The van der Waals surface area contributed by atoms with Gasteiger partial charge in [-0.3, -0.25) is 9.59 Å². The van der Waals surface area contributed by atoms with Crippen LogP contribution in [0.2, 0.25) is 0 Å². The third-order valence-electron chi connectivity index (χ3n) is 2.95. The average molecular weight is 299 g/mol. The first-order chi connectivity index (χ1) is 10.4. The number of amides is 2. The number of anilines is 2. The number of benzene rings is 2. The summed E-state index contributed by atoms with van der Waals surface area (Å²) in [5.41, 5.74) is 11.5. The molecule has 2 aromatic rings. The molecule has 2 amide bonds. The number of nitrogens with two attached hydrogens (primary N) is 2. The molecule has 0 aliphatic heterocycles. The minimum absolute atomic E-state index is 0.00830.